The monoisotopic (exact) mass is 427 g/mol. The molecule has 0 unspecified atom stereocenters. The molecule has 23 heavy (non-hydrogen) atoms. The number of nitrogens with zero attached hydrogens (tertiary/aromatic N) is 2. The Balaban J connectivity index is 0.00000132. The van der Waals surface area contributed by atoms with Gasteiger partial charge in [-0.15, -0.1) is 24.8 Å². The molecule has 4 nitrogen and oxygen atoms in total. The molecule has 8 heteroatoms. The molecule has 2 atom stereocenters. The molecule has 3 rings (SSSR count). The van der Waals surface area contributed by atoms with Gasteiger partial charge in [-0.1, -0.05) is 15.9 Å². The van der Waals surface area contributed by atoms with E-state index in [0.717, 1.165) is 32.2 Å². The smallest absolute Gasteiger partial charge is 0.150 e. The number of aliphatic hydroxyl groups is 1. The minimum atomic E-state index is -0.258. The van der Waals surface area contributed by atoms with E-state index in [2.05, 4.69) is 26.2 Å². The number of fused-ring (bicyclic) bond motifs is 1. The maximum absolute atomic E-state index is 14.0. The van der Waals surface area contributed by atoms with Crippen molar-refractivity contribution in [1.82, 2.24) is 14.9 Å². The SMILES string of the molecule is Cl.Cl.O[C@H]1CCCN[C@@H]1CCCn1cnc2cc(Br)cc(F)c21. The van der Waals surface area contributed by atoms with Gasteiger partial charge >= 0.3 is 0 Å². The van der Waals surface area contributed by atoms with Crippen molar-refractivity contribution in [2.24, 2.45) is 0 Å². The molecule has 1 fully saturated rings. The van der Waals surface area contributed by atoms with Crippen molar-refractivity contribution in [3.8, 4) is 0 Å². The van der Waals surface area contributed by atoms with Crippen molar-refractivity contribution in [2.45, 2.75) is 44.4 Å². The largest absolute Gasteiger partial charge is 0.392 e. The van der Waals surface area contributed by atoms with Crippen molar-refractivity contribution in [3.63, 3.8) is 0 Å². The molecule has 2 heterocycles. The van der Waals surface area contributed by atoms with Crippen molar-refractivity contribution >= 4 is 51.8 Å². The molecule has 130 valence electrons. The van der Waals surface area contributed by atoms with Crippen LogP contribution in [0.2, 0.25) is 0 Å². The maximum Gasteiger partial charge on any atom is 0.150 e. The van der Waals surface area contributed by atoms with Crippen LogP contribution in [0.1, 0.15) is 25.7 Å². The summed E-state index contributed by atoms with van der Waals surface area (Å²) in [5, 5.41) is 13.3. The summed E-state index contributed by atoms with van der Waals surface area (Å²) in [5.41, 5.74) is 1.22. The second-order valence-corrected chi connectivity index (χ2v) is 6.52. The number of piperidine rings is 1. The lowest BCUT2D eigenvalue weighted by Crippen LogP contribution is -2.44. The second-order valence-electron chi connectivity index (χ2n) is 5.61. The Morgan fingerprint density at radius 2 is 2.17 bits per heavy atom. The summed E-state index contributed by atoms with van der Waals surface area (Å²) >= 11 is 3.28. The van der Waals surface area contributed by atoms with Crippen molar-refractivity contribution < 1.29 is 9.50 Å². The van der Waals surface area contributed by atoms with E-state index in [1.807, 2.05) is 10.6 Å². The van der Waals surface area contributed by atoms with Crippen LogP contribution in [0.3, 0.4) is 0 Å². The fourth-order valence-corrected chi connectivity index (χ4v) is 3.42. The number of rotatable bonds is 4. The van der Waals surface area contributed by atoms with Crippen LogP contribution in [0.5, 0.6) is 0 Å². The summed E-state index contributed by atoms with van der Waals surface area (Å²) in [4.78, 5) is 4.25. The molecule has 0 saturated carbocycles. The highest BCUT2D eigenvalue weighted by atomic mass is 79.9. The average molecular weight is 429 g/mol. The first-order chi connectivity index (χ1) is 10.1. The molecule has 0 bridgehead atoms. The van der Waals surface area contributed by atoms with E-state index in [0.29, 0.717) is 22.1 Å². The van der Waals surface area contributed by atoms with E-state index in [4.69, 9.17) is 0 Å². The molecular weight excluding hydrogens is 408 g/mol. The van der Waals surface area contributed by atoms with Crippen LogP contribution >= 0.6 is 40.7 Å². The van der Waals surface area contributed by atoms with Crippen LogP contribution in [-0.2, 0) is 6.54 Å². The van der Waals surface area contributed by atoms with Gasteiger partial charge in [0.1, 0.15) is 11.3 Å². The first kappa shape index (κ1) is 20.6. The van der Waals surface area contributed by atoms with Gasteiger partial charge in [-0.3, -0.25) is 0 Å². The maximum atomic E-state index is 14.0. The zero-order valence-electron chi connectivity index (χ0n) is 12.5. The topological polar surface area (TPSA) is 50.1 Å². The van der Waals surface area contributed by atoms with Crippen molar-refractivity contribution in [1.29, 1.82) is 0 Å². The lowest BCUT2D eigenvalue weighted by Gasteiger charge is -2.29. The predicted octanol–water partition coefficient (Wildman–Crippen LogP) is 3.67. The van der Waals surface area contributed by atoms with Gasteiger partial charge in [0, 0.05) is 17.1 Å². The van der Waals surface area contributed by atoms with Gasteiger partial charge < -0.3 is 15.0 Å². The van der Waals surface area contributed by atoms with Gasteiger partial charge in [0.15, 0.2) is 0 Å². The van der Waals surface area contributed by atoms with Gasteiger partial charge in [-0.05, 0) is 44.4 Å². The first-order valence-electron chi connectivity index (χ1n) is 7.36. The number of aromatic nitrogens is 2. The number of nitrogens with one attached hydrogen (secondary N) is 1. The van der Waals surface area contributed by atoms with Crippen LogP contribution in [0.4, 0.5) is 4.39 Å². The zero-order chi connectivity index (χ0) is 14.8. The average Bonchev–Trinajstić information content (AvgIpc) is 2.84. The van der Waals surface area contributed by atoms with E-state index in [1.54, 1.807) is 6.33 Å². The Kier molecular flexibility index (Phi) is 8.24. The van der Waals surface area contributed by atoms with Crippen LogP contribution in [0, 0.1) is 5.82 Å². The van der Waals surface area contributed by atoms with Gasteiger partial charge in [-0.25, -0.2) is 9.37 Å². The number of halogens is 4. The number of aliphatic hydroxyl groups excluding tert-OH is 1. The summed E-state index contributed by atoms with van der Waals surface area (Å²) in [5.74, 6) is -0.257. The molecule has 1 aromatic carbocycles. The van der Waals surface area contributed by atoms with Gasteiger partial charge in [-0.2, -0.15) is 0 Å². The third-order valence-corrected chi connectivity index (χ3v) is 4.55. The lowest BCUT2D eigenvalue weighted by molar-refractivity contribution is 0.0909. The molecule has 1 aliphatic heterocycles. The Morgan fingerprint density at radius 1 is 1.39 bits per heavy atom. The highest BCUT2D eigenvalue weighted by Crippen LogP contribution is 2.23. The van der Waals surface area contributed by atoms with Crippen LogP contribution < -0.4 is 5.32 Å². The number of imidazole rings is 1. The molecule has 2 aromatic rings. The summed E-state index contributed by atoms with van der Waals surface area (Å²) in [6, 6.07) is 3.45. The van der Waals surface area contributed by atoms with E-state index in [1.165, 1.54) is 6.07 Å². The molecule has 1 aliphatic rings. The quantitative estimate of drug-likeness (QED) is 0.780. The normalized spacial score (nSPS) is 20.8. The van der Waals surface area contributed by atoms with Crippen LogP contribution in [0.25, 0.3) is 11.0 Å². The minimum absolute atomic E-state index is 0. The van der Waals surface area contributed by atoms with E-state index in [9.17, 15) is 9.50 Å². The predicted molar refractivity (Wildman–Crippen MR) is 98.2 cm³/mol. The highest BCUT2D eigenvalue weighted by molar-refractivity contribution is 9.10. The Hall–Kier alpha value is -0.400. The summed E-state index contributed by atoms with van der Waals surface area (Å²) in [6.45, 7) is 1.68. The van der Waals surface area contributed by atoms with E-state index < -0.39 is 0 Å². The number of aryl methyl sites for hydroxylation is 1. The molecule has 0 aliphatic carbocycles. The molecule has 1 saturated heterocycles. The Bertz CT molecular complexity index is 640. The fourth-order valence-electron chi connectivity index (χ4n) is 3.01. The first-order valence-corrected chi connectivity index (χ1v) is 8.16. The van der Waals surface area contributed by atoms with Gasteiger partial charge in [0.05, 0.1) is 17.9 Å². The zero-order valence-corrected chi connectivity index (χ0v) is 15.8. The molecule has 2 N–H and O–H groups in total. The van der Waals surface area contributed by atoms with E-state index >= 15 is 0 Å². The van der Waals surface area contributed by atoms with Gasteiger partial charge in [0.2, 0.25) is 0 Å². The summed E-state index contributed by atoms with van der Waals surface area (Å²) in [7, 11) is 0. The van der Waals surface area contributed by atoms with Crippen molar-refractivity contribution in [3.05, 3.63) is 28.7 Å². The molecule has 1 aromatic heterocycles. The summed E-state index contributed by atoms with van der Waals surface area (Å²) < 4.78 is 16.6. The molecule has 0 radical (unpaired) electrons. The van der Waals surface area contributed by atoms with Gasteiger partial charge in [0.25, 0.3) is 0 Å². The number of benzene rings is 1. The number of hydrogen-bond donors (Lipinski definition) is 2. The fraction of sp³-hybridized carbons (Fsp3) is 0.533. The van der Waals surface area contributed by atoms with Crippen LogP contribution in [0.15, 0.2) is 22.9 Å². The lowest BCUT2D eigenvalue weighted by atomic mass is 9.97. The standard InChI is InChI=1S/C15H19BrFN3O.2ClH/c16-10-7-11(17)15-13(8-10)19-9-20(15)6-2-3-12-14(21)4-1-5-18-12;;/h7-9,12,14,18,21H,1-6H2;2*1H/t12-,14+;;/m1../s1. The number of hydrogen-bond acceptors (Lipinski definition) is 3. The van der Waals surface area contributed by atoms with E-state index in [-0.39, 0.29) is 42.8 Å². The third kappa shape index (κ3) is 4.79. The van der Waals surface area contributed by atoms with Crippen LogP contribution in [-0.4, -0.2) is 33.3 Å². The Labute approximate surface area is 155 Å². The Morgan fingerprint density at radius 3 is 2.91 bits per heavy atom. The third-order valence-electron chi connectivity index (χ3n) is 4.09. The molecular formula is C15H21BrCl2FN3O. The minimum Gasteiger partial charge on any atom is -0.392 e. The second kappa shape index (κ2) is 9.18. The van der Waals surface area contributed by atoms with Crippen molar-refractivity contribution in [2.75, 3.05) is 6.54 Å². The molecule has 0 spiro atoms. The highest BCUT2D eigenvalue weighted by Gasteiger charge is 2.21. The molecule has 0 amide bonds. The summed E-state index contributed by atoms with van der Waals surface area (Å²) in [6.07, 6.45) is 5.10.